The van der Waals surface area contributed by atoms with E-state index in [1.54, 1.807) is 0 Å². The third-order valence-corrected chi connectivity index (χ3v) is 6.94. The van der Waals surface area contributed by atoms with Gasteiger partial charge in [-0.15, -0.1) is 11.3 Å². The summed E-state index contributed by atoms with van der Waals surface area (Å²) in [6.45, 7) is 3.66. The highest BCUT2D eigenvalue weighted by molar-refractivity contribution is 7.14. The Hall–Kier alpha value is -1.21. The van der Waals surface area contributed by atoms with Gasteiger partial charge in [0.1, 0.15) is 10.0 Å². The Labute approximate surface area is 196 Å². The predicted molar refractivity (Wildman–Crippen MR) is 123 cm³/mol. The zero-order chi connectivity index (χ0) is 21.3. The number of nitrogens with zero attached hydrogens (tertiary/aromatic N) is 1. The molecule has 0 saturated carbocycles. The molecular weight excluding hydrogens is 498 g/mol. The molecule has 0 fully saturated rings. The van der Waals surface area contributed by atoms with Crippen molar-refractivity contribution in [2.45, 2.75) is 13.8 Å². The van der Waals surface area contributed by atoms with Gasteiger partial charge in [-0.1, -0.05) is 75.7 Å². The predicted octanol–water partition coefficient (Wildman–Crippen LogP) is 7.71. The number of aromatic nitrogens is 1. The quantitative estimate of drug-likeness (QED) is 0.282. The van der Waals surface area contributed by atoms with E-state index in [1.807, 2.05) is 31.4 Å². The van der Waals surface area contributed by atoms with Gasteiger partial charge in [0.25, 0.3) is 5.91 Å². The number of carbonyl (C=O) groups excluding carboxylic acids is 1. The Morgan fingerprint density at radius 3 is 2.31 bits per heavy atom. The first-order valence-electron chi connectivity index (χ1n) is 8.16. The molecule has 1 amide bonds. The van der Waals surface area contributed by atoms with Crippen LogP contribution in [-0.2, 0) is 4.79 Å². The van der Waals surface area contributed by atoms with Gasteiger partial charge in [-0.2, -0.15) is 0 Å². The first kappa shape index (κ1) is 22.5. The van der Waals surface area contributed by atoms with Gasteiger partial charge in [-0.05, 0) is 25.5 Å². The monoisotopic (exact) mass is 508 g/mol. The Balaban J connectivity index is 1.70. The maximum absolute atomic E-state index is 12.3. The lowest BCUT2D eigenvalue weighted by Crippen LogP contribution is -2.20. The second kappa shape index (κ2) is 9.29. The fourth-order valence-electron chi connectivity index (χ4n) is 2.47. The number of hydrogen-bond acceptors (Lipinski definition) is 4. The lowest BCUT2D eigenvalue weighted by Gasteiger charge is -2.13. The molecule has 3 aromatic rings. The summed E-state index contributed by atoms with van der Waals surface area (Å²) in [7, 11) is 0. The van der Waals surface area contributed by atoms with Crippen LogP contribution in [0.3, 0.4) is 0 Å². The highest BCUT2D eigenvalue weighted by Crippen LogP contribution is 2.48. The maximum Gasteiger partial charge on any atom is 0.264 e. The van der Waals surface area contributed by atoms with Crippen molar-refractivity contribution in [3.63, 3.8) is 0 Å². The van der Waals surface area contributed by atoms with E-state index in [2.05, 4.69) is 16.4 Å². The van der Waals surface area contributed by atoms with E-state index in [1.165, 1.54) is 11.3 Å². The van der Waals surface area contributed by atoms with Crippen LogP contribution in [0.2, 0.25) is 25.1 Å². The van der Waals surface area contributed by atoms with Crippen LogP contribution in [0, 0.1) is 13.8 Å². The molecule has 1 heterocycles. The SMILES string of the molecule is Cc1ccc(C)c(-c2csc(NC(=O)COc3c(Cl)c(Cl)c(Cl)c(Cl)c3Cl)n2)c1. The number of ether oxygens (including phenoxy) is 1. The minimum atomic E-state index is -0.443. The minimum Gasteiger partial charge on any atom is -0.481 e. The van der Waals surface area contributed by atoms with Gasteiger partial charge in [0.05, 0.1) is 20.8 Å². The van der Waals surface area contributed by atoms with E-state index >= 15 is 0 Å². The molecule has 0 bridgehead atoms. The number of thiazole rings is 1. The van der Waals surface area contributed by atoms with Crippen molar-refractivity contribution in [3.05, 3.63) is 59.8 Å². The van der Waals surface area contributed by atoms with Crippen molar-refractivity contribution >= 4 is 80.4 Å². The first-order valence-corrected chi connectivity index (χ1v) is 10.9. The molecule has 0 saturated heterocycles. The number of hydrogen-bond donors (Lipinski definition) is 1. The van der Waals surface area contributed by atoms with E-state index in [-0.39, 0.29) is 37.5 Å². The van der Waals surface area contributed by atoms with Crippen LogP contribution in [-0.4, -0.2) is 17.5 Å². The van der Waals surface area contributed by atoms with Crippen molar-refractivity contribution in [2.75, 3.05) is 11.9 Å². The largest absolute Gasteiger partial charge is 0.481 e. The van der Waals surface area contributed by atoms with Gasteiger partial charge in [0, 0.05) is 10.9 Å². The number of anilines is 1. The molecule has 152 valence electrons. The van der Waals surface area contributed by atoms with Crippen LogP contribution < -0.4 is 10.1 Å². The topological polar surface area (TPSA) is 51.2 Å². The van der Waals surface area contributed by atoms with Crippen molar-refractivity contribution in [3.8, 4) is 17.0 Å². The molecule has 0 spiro atoms. The number of benzene rings is 2. The van der Waals surface area contributed by atoms with E-state index in [0.717, 1.165) is 22.4 Å². The molecule has 1 aromatic heterocycles. The van der Waals surface area contributed by atoms with E-state index in [9.17, 15) is 4.79 Å². The Morgan fingerprint density at radius 2 is 1.66 bits per heavy atom. The van der Waals surface area contributed by atoms with E-state index < -0.39 is 5.91 Å². The normalized spacial score (nSPS) is 10.9. The van der Waals surface area contributed by atoms with Crippen LogP contribution in [0.4, 0.5) is 5.13 Å². The molecule has 10 heteroatoms. The maximum atomic E-state index is 12.3. The van der Waals surface area contributed by atoms with Crippen molar-refractivity contribution in [1.82, 2.24) is 4.98 Å². The summed E-state index contributed by atoms with van der Waals surface area (Å²) in [6.07, 6.45) is 0. The molecule has 0 radical (unpaired) electrons. The van der Waals surface area contributed by atoms with Gasteiger partial charge >= 0.3 is 0 Å². The standard InChI is InChI=1S/C19H13Cl5N2O2S/c1-8-3-4-9(2)10(5-8)11-7-29-19(25-11)26-12(27)6-28-18-16(23)14(21)13(20)15(22)17(18)24/h3-5,7H,6H2,1-2H3,(H,25,26,27). The summed E-state index contributed by atoms with van der Waals surface area (Å²) in [4.78, 5) is 16.7. The lowest BCUT2D eigenvalue weighted by molar-refractivity contribution is -0.118. The second-order valence-electron chi connectivity index (χ2n) is 6.09. The number of aryl methyl sites for hydroxylation is 2. The van der Waals surface area contributed by atoms with Crippen molar-refractivity contribution in [1.29, 1.82) is 0 Å². The molecule has 3 rings (SSSR count). The molecule has 4 nitrogen and oxygen atoms in total. The Morgan fingerprint density at radius 1 is 1.03 bits per heavy atom. The average Bonchev–Trinajstić information content (AvgIpc) is 3.14. The van der Waals surface area contributed by atoms with Crippen LogP contribution in [0.1, 0.15) is 11.1 Å². The summed E-state index contributed by atoms with van der Waals surface area (Å²) in [5.74, 6) is -0.459. The molecular formula is C19H13Cl5N2O2S. The van der Waals surface area contributed by atoms with Crippen molar-refractivity contribution in [2.24, 2.45) is 0 Å². The summed E-state index contributed by atoms with van der Waals surface area (Å²) < 4.78 is 5.42. The summed E-state index contributed by atoms with van der Waals surface area (Å²) >= 11 is 31.4. The summed E-state index contributed by atoms with van der Waals surface area (Å²) in [6, 6.07) is 6.12. The van der Waals surface area contributed by atoms with Crippen molar-refractivity contribution < 1.29 is 9.53 Å². The number of carbonyl (C=O) groups is 1. The molecule has 0 aliphatic heterocycles. The van der Waals surface area contributed by atoms with Gasteiger partial charge in [0.15, 0.2) is 17.5 Å². The summed E-state index contributed by atoms with van der Waals surface area (Å²) in [5, 5.41) is 4.97. The Bertz CT molecular complexity index is 1070. The lowest BCUT2D eigenvalue weighted by atomic mass is 10.0. The number of nitrogens with one attached hydrogen (secondary N) is 1. The number of rotatable bonds is 5. The number of halogens is 5. The third-order valence-electron chi connectivity index (χ3n) is 3.94. The van der Waals surface area contributed by atoms with Gasteiger partial charge in [-0.3, -0.25) is 10.1 Å². The second-order valence-corrected chi connectivity index (χ2v) is 8.84. The molecule has 1 N–H and O–H groups in total. The average molecular weight is 511 g/mol. The molecule has 0 aliphatic rings. The zero-order valence-electron chi connectivity index (χ0n) is 15.1. The van der Waals surface area contributed by atoms with Crippen LogP contribution in [0.5, 0.6) is 5.75 Å². The van der Waals surface area contributed by atoms with Crippen LogP contribution in [0.15, 0.2) is 23.6 Å². The van der Waals surface area contributed by atoms with Crippen LogP contribution in [0.25, 0.3) is 11.3 Å². The van der Waals surface area contributed by atoms with Crippen LogP contribution >= 0.6 is 69.3 Å². The smallest absolute Gasteiger partial charge is 0.264 e. The van der Waals surface area contributed by atoms with E-state index in [0.29, 0.717) is 5.13 Å². The van der Waals surface area contributed by atoms with E-state index in [4.69, 9.17) is 62.7 Å². The summed E-state index contributed by atoms with van der Waals surface area (Å²) in [5.41, 5.74) is 4.03. The van der Waals surface area contributed by atoms with Gasteiger partial charge in [-0.25, -0.2) is 4.98 Å². The first-order chi connectivity index (χ1) is 13.7. The highest BCUT2D eigenvalue weighted by atomic mass is 35.5. The number of amides is 1. The van der Waals surface area contributed by atoms with Gasteiger partial charge < -0.3 is 4.74 Å². The highest BCUT2D eigenvalue weighted by Gasteiger charge is 2.21. The fraction of sp³-hybridized carbons (Fsp3) is 0.158. The molecule has 2 aromatic carbocycles. The zero-order valence-corrected chi connectivity index (χ0v) is 19.7. The van der Waals surface area contributed by atoms with Gasteiger partial charge in [0.2, 0.25) is 0 Å². The molecule has 29 heavy (non-hydrogen) atoms. The Kier molecular flexibility index (Phi) is 7.20. The molecule has 0 unspecified atom stereocenters. The molecule has 0 aliphatic carbocycles. The minimum absolute atomic E-state index is 0.00349. The fourth-order valence-corrected chi connectivity index (χ4v) is 4.43. The molecule has 0 atom stereocenters. The third kappa shape index (κ3) is 4.93.